The normalized spacial score (nSPS) is 34.5. The Morgan fingerprint density at radius 3 is 2.67 bits per heavy atom. The van der Waals surface area contributed by atoms with Crippen molar-refractivity contribution in [1.82, 2.24) is 0 Å². The minimum Gasteiger partial charge on any atom is -0.381 e. The van der Waals surface area contributed by atoms with E-state index in [0.717, 1.165) is 32.7 Å². The number of carbonyl (C=O) groups excluding carboxylic acids is 1. The topological polar surface area (TPSA) is 35.5 Å². The largest absolute Gasteiger partial charge is 0.381 e. The predicted molar refractivity (Wildman–Crippen MR) is 56.7 cm³/mol. The third kappa shape index (κ3) is 2.40. The highest BCUT2D eigenvalue weighted by atomic mass is 16.5. The summed E-state index contributed by atoms with van der Waals surface area (Å²) in [7, 11) is 0. The molecule has 2 unspecified atom stereocenters. The SMILES string of the molecule is CC1(C)OCCC1C(=O)CC1CCOC1. The fourth-order valence-corrected chi connectivity index (χ4v) is 2.61. The molecule has 2 heterocycles. The van der Waals surface area contributed by atoms with Crippen LogP contribution in [0.3, 0.4) is 0 Å². The third-order valence-corrected chi connectivity index (χ3v) is 3.62. The standard InChI is InChI=1S/C12H20O3/c1-12(2)10(4-6-15-12)11(13)7-9-3-5-14-8-9/h9-10H,3-8H2,1-2H3. The first kappa shape index (κ1) is 11.1. The van der Waals surface area contributed by atoms with Crippen molar-refractivity contribution in [2.75, 3.05) is 19.8 Å². The van der Waals surface area contributed by atoms with Crippen molar-refractivity contribution >= 4 is 5.78 Å². The maximum atomic E-state index is 12.1. The molecule has 2 saturated heterocycles. The predicted octanol–water partition coefficient (Wildman–Crippen LogP) is 1.80. The van der Waals surface area contributed by atoms with E-state index in [0.29, 0.717) is 18.1 Å². The van der Waals surface area contributed by atoms with Crippen molar-refractivity contribution in [2.45, 2.75) is 38.7 Å². The summed E-state index contributed by atoms with van der Waals surface area (Å²) >= 11 is 0. The Labute approximate surface area is 91.1 Å². The summed E-state index contributed by atoms with van der Waals surface area (Å²) in [4.78, 5) is 12.1. The van der Waals surface area contributed by atoms with Crippen LogP contribution in [0.25, 0.3) is 0 Å². The molecule has 2 aliphatic rings. The van der Waals surface area contributed by atoms with Gasteiger partial charge in [0.2, 0.25) is 0 Å². The summed E-state index contributed by atoms with van der Waals surface area (Å²) in [6.07, 6.45) is 2.61. The Morgan fingerprint density at radius 2 is 2.13 bits per heavy atom. The molecule has 0 amide bonds. The number of Topliss-reactive ketones (excluding diaryl/α,β-unsaturated/α-hetero) is 1. The Balaban J connectivity index is 1.89. The van der Waals surface area contributed by atoms with Crippen molar-refractivity contribution in [1.29, 1.82) is 0 Å². The van der Waals surface area contributed by atoms with Crippen molar-refractivity contribution in [3.05, 3.63) is 0 Å². The maximum Gasteiger partial charge on any atom is 0.139 e. The molecular formula is C12H20O3. The van der Waals surface area contributed by atoms with E-state index in [-0.39, 0.29) is 11.5 Å². The lowest BCUT2D eigenvalue weighted by atomic mass is 9.83. The Bertz CT molecular complexity index is 241. The van der Waals surface area contributed by atoms with E-state index in [1.807, 2.05) is 13.8 Å². The van der Waals surface area contributed by atoms with Gasteiger partial charge in [0.15, 0.2) is 0 Å². The molecule has 0 N–H and O–H groups in total. The molecule has 2 rings (SSSR count). The molecule has 0 bridgehead atoms. The zero-order chi connectivity index (χ0) is 10.9. The fraction of sp³-hybridized carbons (Fsp3) is 0.917. The van der Waals surface area contributed by atoms with Crippen LogP contribution in [0, 0.1) is 11.8 Å². The van der Waals surface area contributed by atoms with Gasteiger partial charge < -0.3 is 9.47 Å². The van der Waals surface area contributed by atoms with E-state index in [4.69, 9.17) is 9.47 Å². The second-order valence-corrected chi connectivity index (χ2v) is 5.19. The highest BCUT2D eigenvalue weighted by molar-refractivity contribution is 5.82. The summed E-state index contributed by atoms with van der Waals surface area (Å²) in [5, 5.41) is 0. The highest BCUT2D eigenvalue weighted by Crippen LogP contribution is 2.34. The number of rotatable bonds is 3. The number of hydrogen-bond donors (Lipinski definition) is 0. The van der Waals surface area contributed by atoms with Crippen LogP contribution in [-0.4, -0.2) is 31.2 Å². The second kappa shape index (κ2) is 4.22. The first-order valence-corrected chi connectivity index (χ1v) is 5.84. The molecule has 0 saturated carbocycles. The van der Waals surface area contributed by atoms with Crippen LogP contribution in [0.15, 0.2) is 0 Å². The lowest BCUT2D eigenvalue weighted by Crippen LogP contribution is -2.34. The summed E-state index contributed by atoms with van der Waals surface area (Å²) < 4.78 is 10.9. The second-order valence-electron chi connectivity index (χ2n) is 5.19. The Morgan fingerprint density at radius 1 is 1.33 bits per heavy atom. The van der Waals surface area contributed by atoms with Crippen molar-refractivity contribution in [3.8, 4) is 0 Å². The number of hydrogen-bond acceptors (Lipinski definition) is 3. The van der Waals surface area contributed by atoms with Gasteiger partial charge in [-0.25, -0.2) is 0 Å². The van der Waals surface area contributed by atoms with Crippen molar-refractivity contribution in [2.24, 2.45) is 11.8 Å². The first-order valence-electron chi connectivity index (χ1n) is 5.84. The van der Waals surface area contributed by atoms with E-state index < -0.39 is 0 Å². The van der Waals surface area contributed by atoms with Gasteiger partial charge in [0, 0.05) is 32.2 Å². The van der Waals surface area contributed by atoms with Crippen LogP contribution in [-0.2, 0) is 14.3 Å². The van der Waals surface area contributed by atoms with Gasteiger partial charge in [-0.2, -0.15) is 0 Å². The lowest BCUT2D eigenvalue weighted by Gasteiger charge is -2.25. The van der Waals surface area contributed by atoms with Gasteiger partial charge in [-0.1, -0.05) is 0 Å². The number of carbonyl (C=O) groups is 1. The molecule has 15 heavy (non-hydrogen) atoms. The molecule has 3 nitrogen and oxygen atoms in total. The zero-order valence-corrected chi connectivity index (χ0v) is 9.62. The summed E-state index contributed by atoms with van der Waals surface area (Å²) in [5.41, 5.74) is -0.253. The van der Waals surface area contributed by atoms with E-state index in [9.17, 15) is 4.79 Å². The van der Waals surface area contributed by atoms with Crippen LogP contribution >= 0.6 is 0 Å². The van der Waals surface area contributed by atoms with Crippen LogP contribution in [0.2, 0.25) is 0 Å². The molecule has 0 spiro atoms. The summed E-state index contributed by atoms with van der Waals surface area (Å²) in [5.74, 6) is 0.917. The molecule has 0 aliphatic carbocycles. The third-order valence-electron chi connectivity index (χ3n) is 3.62. The molecule has 86 valence electrons. The van der Waals surface area contributed by atoms with Crippen LogP contribution in [0.4, 0.5) is 0 Å². The van der Waals surface area contributed by atoms with E-state index in [1.54, 1.807) is 0 Å². The molecule has 0 aromatic rings. The van der Waals surface area contributed by atoms with Gasteiger partial charge in [0.25, 0.3) is 0 Å². The minimum absolute atomic E-state index is 0.0955. The zero-order valence-electron chi connectivity index (χ0n) is 9.62. The van der Waals surface area contributed by atoms with Gasteiger partial charge >= 0.3 is 0 Å². The van der Waals surface area contributed by atoms with E-state index in [2.05, 4.69) is 0 Å². The van der Waals surface area contributed by atoms with Crippen molar-refractivity contribution < 1.29 is 14.3 Å². The Hall–Kier alpha value is -0.410. The van der Waals surface area contributed by atoms with Crippen LogP contribution in [0.1, 0.15) is 33.1 Å². The van der Waals surface area contributed by atoms with Crippen LogP contribution < -0.4 is 0 Å². The minimum atomic E-state index is -0.253. The number of ether oxygens (including phenoxy) is 2. The van der Waals surface area contributed by atoms with Gasteiger partial charge in [-0.3, -0.25) is 4.79 Å². The van der Waals surface area contributed by atoms with Gasteiger partial charge in [0.05, 0.1) is 5.60 Å². The average Bonchev–Trinajstić information content (AvgIpc) is 2.73. The Kier molecular flexibility index (Phi) is 3.12. The molecular weight excluding hydrogens is 192 g/mol. The van der Waals surface area contributed by atoms with Crippen LogP contribution in [0.5, 0.6) is 0 Å². The average molecular weight is 212 g/mol. The molecule has 2 atom stereocenters. The first-order chi connectivity index (χ1) is 7.09. The summed E-state index contributed by atoms with van der Waals surface area (Å²) in [6, 6.07) is 0. The van der Waals surface area contributed by atoms with Gasteiger partial charge in [0.1, 0.15) is 5.78 Å². The maximum absolute atomic E-state index is 12.1. The molecule has 0 aromatic heterocycles. The molecule has 0 aromatic carbocycles. The summed E-state index contributed by atoms with van der Waals surface area (Å²) in [6.45, 7) is 6.36. The van der Waals surface area contributed by atoms with Gasteiger partial charge in [-0.15, -0.1) is 0 Å². The number of ketones is 1. The van der Waals surface area contributed by atoms with E-state index in [1.165, 1.54) is 0 Å². The van der Waals surface area contributed by atoms with Gasteiger partial charge in [-0.05, 0) is 32.6 Å². The molecule has 3 heteroatoms. The quantitative estimate of drug-likeness (QED) is 0.715. The molecule has 2 fully saturated rings. The monoisotopic (exact) mass is 212 g/mol. The molecule has 2 aliphatic heterocycles. The van der Waals surface area contributed by atoms with E-state index >= 15 is 0 Å². The smallest absolute Gasteiger partial charge is 0.139 e. The fourth-order valence-electron chi connectivity index (χ4n) is 2.61. The lowest BCUT2D eigenvalue weighted by molar-refractivity contribution is -0.128. The molecule has 0 radical (unpaired) electrons. The van der Waals surface area contributed by atoms with Crippen molar-refractivity contribution in [3.63, 3.8) is 0 Å². The highest BCUT2D eigenvalue weighted by Gasteiger charge is 2.40.